The standard InChI is InChI=1S/C13H13NO.C2HF3O2/c1-2-4-11-7-12(6-5-10(11)3-1)15-13-8-14-9-13;3-2(4,5)1(6)7/h1-7,13-14H,8-9H2;(H,6,7). The Labute approximate surface area is 124 Å². The molecule has 0 saturated carbocycles. The molecule has 1 fully saturated rings. The fourth-order valence-electron chi connectivity index (χ4n) is 1.78. The van der Waals surface area contributed by atoms with Gasteiger partial charge in [0.25, 0.3) is 0 Å². The second kappa shape index (κ2) is 6.65. The van der Waals surface area contributed by atoms with Gasteiger partial charge in [0.05, 0.1) is 0 Å². The molecule has 2 aromatic carbocycles. The summed E-state index contributed by atoms with van der Waals surface area (Å²) in [4.78, 5) is 8.90. The Kier molecular flexibility index (Phi) is 4.87. The number of hydrogen-bond acceptors (Lipinski definition) is 3. The zero-order chi connectivity index (χ0) is 16.2. The molecule has 3 rings (SSSR count). The van der Waals surface area contributed by atoms with Crippen molar-refractivity contribution in [2.24, 2.45) is 0 Å². The summed E-state index contributed by atoms with van der Waals surface area (Å²) in [5, 5.41) is 12.8. The summed E-state index contributed by atoms with van der Waals surface area (Å²) in [6, 6.07) is 14.6. The number of halogens is 3. The first-order chi connectivity index (χ1) is 10.4. The number of ether oxygens (including phenoxy) is 1. The summed E-state index contributed by atoms with van der Waals surface area (Å²) in [5.74, 6) is -1.78. The molecule has 0 bridgehead atoms. The van der Waals surface area contributed by atoms with E-state index in [9.17, 15) is 13.2 Å². The smallest absolute Gasteiger partial charge is 0.488 e. The Balaban J connectivity index is 0.000000217. The molecule has 2 aromatic rings. The van der Waals surface area contributed by atoms with Crippen LogP contribution in [-0.2, 0) is 4.79 Å². The third-order valence-corrected chi connectivity index (χ3v) is 3.01. The van der Waals surface area contributed by atoms with Gasteiger partial charge in [-0.2, -0.15) is 13.2 Å². The third kappa shape index (κ3) is 4.36. The Morgan fingerprint density at radius 3 is 2.23 bits per heavy atom. The minimum absolute atomic E-state index is 0.353. The van der Waals surface area contributed by atoms with Crippen LogP contribution in [0.2, 0.25) is 0 Å². The highest BCUT2D eigenvalue weighted by molar-refractivity contribution is 5.83. The van der Waals surface area contributed by atoms with E-state index in [1.54, 1.807) is 0 Å². The van der Waals surface area contributed by atoms with Crippen molar-refractivity contribution < 1.29 is 27.8 Å². The van der Waals surface area contributed by atoms with Gasteiger partial charge in [-0.25, -0.2) is 4.79 Å². The first kappa shape index (κ1) is 16.1. The molecule has 0 aromatic heterocycles. The fourth-order valence-corrected chi connectivity index (χ4v) is 1.78. The minimum atomic E-state index is -5.08. The van der Waals surface area contributed by atoms with Crippen molar-refractivity contribution in [3.63, 3.8) is 0 Å². The molecule has 0 aliphatic carbocycles. The average Bonchev–Trinajstić information content (AvgIpc) is 2.42. The van der Waals surface area contributed by atoms with Crippen LogP contribution in [0.3, 0.4) is 0 Å². The van der Waals surface area contributed by atoms with Crippen molar-refractivity contribution >= 4 is 16.7 Å². The quantitative estimate of drug-likeness (QED) is 0.895. The number of carbonyl (C=O) groups is 1. The summed E-state index contributed by atoms with van der Waals surface area (Å²) in [5.41, 5.74) is 0. The molecular weight excluding hydrogens is 299 g/mol. The molecule has 1 aliphatic heterocycles. The molecule has 0 atom stereocenters. The molecule has 118 valence electrons. The molecule has 4 nitrogen and oxygen atoms in total. The van der Waals surface area contributed by atoms with Crippen LogP contribution in [0, 0.1) is 0 Å². The van der Waals surface area contributed by atoms with Crippen LogP contribution < -0.4 is 10.1 Å². The van der Waals surface area contributed by atoms with Crippen LogP contribution in [0.15, 0.2) is 42.5 Å². The molecule has 1 heterocycles. The number of carboxylic acid groups (broad SMARTS) is 1. The van der Waals surface area contributed by atoms with Gasteiger partial charge in [0.15, 0.2) is 0 Å². The first-order valence-corrected chi connectivity index (χ1v) is 6.52. The molecule has 1 saturated heterocycles. The topological polar surface area (TPSA) is 58.6 Å². The Hall–Kier alpha value is -2.28. The Morgan fingerprint density at radius 2 is 1.73 bits per heavy atom. The van der Waals surface area contributed by atoms with E-state index in [1.807, 2.05) is 6.07 Å². The molecule has 0 spiro atoms. The SMILES string of the molecule is O=C(O)C(F)(F)F.c1ccc2cc(OC3CNC3)ccc2c1. The maximum Gasteiger partial charge on any atom is 0.490 e. The molecular formula is C15H14F3NO3. The molecule has 0 radical (unpaired) electrons. The highest BCUT2D eigenvalue weighted by Gasteiger charge is 2.38. The lowest BCUT2D eigenvalue weighted by Gasteiger charge is -2.27. The van der Waals surface area contributed by atoms with Crippen molar-refractivity contribution in [3.05, 3.63) is 42.5 Å². The number of benzene rings is 2. The van der Waals surface area contributed by atoms with Crippen LogP contribution in [-0.4, -0.2) is 36.4 Å². The minimum Gasteiger partial charge on any atom is -0.488 e. The van der Waals surface area contributed by atoms with Gasteiger partial charge in [-0.1, -0.05) is 30.3 Å². The van der Waals surface area contributed by atoms with Crippen molar-refractivity contribution in [2.75, 3.05) is 13.1 Å². The lowest BCUT2D eigenvalue weighted by atomic mass is 10.1. The van der Waals surface area contributed by atoms with Crippen LogP contribution in [0.1, 0.15) is 0 Å². The number of hydrogen-bond donors (Lipinski definition) is 2. The van der Waals surface area contributed by atoms with E-state index in [1.165, 1.54) is 10.8 Å². The van der Waals surface area contributed by atoms with E-state index in [0.29, 0.717) is 6.10 Å². The number of rotatable bonds is 2. The fraction of sp³-hybridized carbons (Fsp3) is 0.267. The number of carboxylic acids is 1. The number of aliphatic carboxylic acids is 1. The molecule has 2 N–H and O–H groups in total. The molecule has 0 amide bonds. The summed E-state index contributed by atoms with van der Waals surface area (Å²) < 4.78 is 37.5. The van der Waals surface area contributed by atoms with Crippen LogP contribution in [0.4, 0.5) is 13.2 Å². The van der Waals surface area contributed by atoms with E-state index < -0.39 is 12.1 Å². The lowest BCUT2D eigenvalue weighted by molar-refractivity contribution is -0.192. The first-order valence-electron chi connectivity index (χ1n) is 6.52. The summed E-state index contributed by atoms with van der Waals surface area (Å²) in [6.07, 6.45) is -4.73. The van der Waals surface area contributed by atoms with Crippen molar-refractivity contribution in [1.29, 1.82) is 0 Å². The monoisotopic (exact) mass is 313 g/mol. The Bertz CT molecular complexity index is 654. The lowest BCUT2D eigenvalue weighted by Crippen LogP contribution is -2.50. The van der Waals surface area contributed by atoms with Crippen LogP contribution in [0.5, 0.6) is 5.75 Å². The number of fused-ring (bicyclic) bond motifs is 1. The zero-order valence-corrected chi connectivity index (χ0v) is 11.4. The van der Waals surface area contributed by atoms with E-state index >= 15 is 0 Å². The zero-order valence-electron chi connectivity index (χ0n) is 11.4. The largest absolute Gasteiger partial charge is 0.490 e. The maximum atomic E-state index is 10.6. The third-order valence-electron chi connectivity index (χ3n) is 3.01. The van der Waals surface area contributed by atoms with Crippen LogP contribution >= 0.6 is 0 Å². The van der Waals surface area contributed by atoms with Gasteiger partial charge in [-0.3, -0.25) is 0 Å². The summed E-state index contributed by atoms with van der Waals surface area (Å²) >= 11 is 0. The second-order valence-corrected chi connectivity index (χ2v) is 4.71. The predicted molar refractivity (Wildman–Crippen MR) is 74.9 cm³/mol. The number of nitrogens with one attached hydrogen (secondary N) is 1. The molecule has 1 aliphatic rings. The van der Waals surface area contributed by atoms with Gasteiger partial charge in [0.1, 0.15) is 11.9 Å². The average molecular weight is 313 g/mol. The highest BCUT2D eigenvalue weighted by Crippen LogP contribution is 2.21. The molecule has 22 heavy (non-hydrogen) atoms. The maximum absolute atomic E-state index is 10.6. The van der Waals surface area contributed by atoms with Gasteiger partial charge < -0.3 is 15.2 Å². The molecule has 0 unspecified atom stereocenters. The van der Waals surface area contributed by atoms with Gasteiger partial charge in [0.2, 0.25) is 0 Å². The number of alkyl halides is 3. The highest BCUT2D eigenvalue weighted by atomic mass is 19.4. The van der Waals surface area contributed by atoms with Gasteiger partial charge in [-0.15, -0.1) is 0 Å². The predicted octanol–water partition coefficient (Wildman–Crippen LogP) is 2.82. The van der Waals surface area contributed by atoms with E-state index in [4.69, 9.17) is 14.6 Å². The summed E-state index contributed by atoms with van der Waals surface area (Å²) in [7, 11) is 0. The molecule has 7 heteroatoms. The van der Waals surface area contributed by atoms with Crippen LogP contribution in [0.25, 0.3) is 10.8 Å². The van der Waals surface area contributed by atoms with Crippen molar-refractivity contribution in [1.82, 2.24) is 5.32 Å². The Morgan fingerprint density at radius 1 is 1.14 bits per heavy atom. The van der Waals surface area contributed by atoms with Gasteiger partial charge in [0, 0.05) is 13.1 Å². The second-order valence-electron chi connectivity index (χ2n) is 4.71. The van der Waals surface area contributed by atoms with E-state index in [0.717, 1.165) is 18.8 Å². The van der Waals surface area contributed by atoms with Crippen molar-refractivity contribution in [3.8, 4) is 5.75 Å². The van der Waals surface area contributed by atoms with Gasteiger partial charge >= 0.3 is 12.1 Å². The van der Waals surface area contributed by atoms with Crippen molar-refractivity contribution in [2.45, 2.75) is 12.3 Å². The summed E-state index contributed by atoms with van der Waals surface area (Å²) in [6.45, 7) is 1.93. The normalized spacial score (nSPS) is 14.7. The van der Waals surface area contributed by atoms with E-state index in [2.05, 4.69) is 41.7 Å². The van der Waals surface area contributed by atoms with Gasteiger partial charge in [-0.05, 0) is 22.9 Å². The van der Waals surface area contributed by atoms with E-state index in [-0.39, 0.29) is 0 Å².